The summed E-state index contributed by atoms with van der Waals surface area (Å²) < 4.78 is 1.96. The van der Waals surface area contributed by atoms with E-state index in [4.69, 9.17) is 0 Å². The molecule has 1 amide bonds. The number of nitrogens with zero attached hydrogens (tertiary/aromatic N) is 4. The van der Waals surface area contributed by atoms with E-state index in [1.54, 1.807) is 6.21 Å². The normalized spacial score (nSPS) is 12.2. The van der Waals surface area contributed by atoms with Crippen LogP contribution in [0.4, 0.5) is 0 Å². The zero-order chi connectivity index (χ0) is 29.1. The van der Waals surface area contributed by atoms with Crippen LogP contribution in [0.1, 0.15) is 63.8 Å². The minimum atomic E-state index is -0.258. The van der Waals surface area contributed by atoms with Gasteiger partial charge < -0.3 is 5.11 Å². The molecule has 0 bridgehead atoms. The van der Waals surface area contributed by atoms with Crippen molar-refractivity contribution in [3.05, 3.63) is 89.0 Å². The Kier molecular flexibility index (Phi) is 8.49. The molecule has 0 spiro atoms. The molecule has 0 saturated carbocycles. The summed E-state index contributed by atoms with van der Waals surface area (Å²) in [5, 5.41) is 24.6. The quantitative estimate of drug-likeness (QED) is 0.149. The molecular formula is C32H37N5O2S. The van der Waals surface area contributed by atoms with Crippen molar-refractivity contribution < 1.29 is 9.90 Å². The Hall–Kier alpha value is -3.91. The molecule has 4 rings (SSSR count). The van der Waals surface area contributed by atoms with Crippen molar-refractivity contribution in [2.75, 3.05) is 5.75 Å². The van der Waals surface area contributed by atoms with Gasteiger partial charge in [-0.2, -0.15) is 5.10 Å². The maximum Gasteiger partial charge on any atom is 0.250 e. The number of phenols is 1. The molecule has 3 aromatic carbocycles. The number of aromatic nitrogens is 3. The number of hydrazone groups is 1. The first kappa shape index (κ1) is 29.1. The topological polar surface area (TPSA) is 92.4 Å². The van der Waals surface area contributed by atoms with E-state index in [-0.39, 0.29) is 22.5 Å². The van der Waals surface area contributed by atoms with Crippen LogP contribution in [0.25, 0.3) is 17.1 Å². The molecule has 0 aliphatic rings. The number of amides is 1. The van der Waals surface area contributed by atoms with Crippen LogP contribution in [0.2, 0.25) is 0 Å². The van der Waals surface area contributed by atoms with Gasteiger partial charge in [-0.1, -0.05) is 101 Å². The monoisotopic (exact) mass is 555 g/mol. The summed E-state index contributed by atoms with van der Waals surface area (Å²) in [5.74, 6) is 0.882. The van der Waals surface area contributed by atoms with E-state index in [2.05, 4.69) is 62.3 Å². The number of benzene rings is 3. The molecule has 0 atom stereocenters. The number of aryl methyl sites for hydroxylation is 1. The Bertz CT molecular complexity index is 1480. The highest BCUT2D eigenvalue weighted by Gasteiger charge is 2.26. The number of hydrogen-bond donors (Lipinski definition) is 2. The van der Waals surface area contributed by atoms with Gasteiger partial charge in [-0.3, -0.25) is 9.36 Å². The standard InChI is InChI=1S/C32H37N5O2S/c1-21-13-15-23(16-14-21)29-35-36-30(37(29)24-11-9-8-10-12-24)40-20-27(38)34-33-19-22-17-25(31(2,3)4)28(39)26(18-22)32(5,6)7/h8-19,39H,20H2,1-7H3,(H,34,38)/b33-19-. The van der Waals surface area contributed by atoms with Gasteiger partial charge in [0.25, 0.3) is 5.91 Å². The lowest BCUT2D eigenvalue weighted by Crippen LogP contribution is -2.20. The molecule has 0 radical (unpaired) electrons. The molecule has 0 fully saturated rings. The fourth-order valence-electron chi connectivity index (χ4n) is 4.28. The number of rotatable bonds is 7. The number of phenolic OH excluding ortho intramolecular Hbond substituents is 1. The number of nitrogens with one attached hydrogen (secondary N) is 1. The van der Waals surface area contributed by atoms with Crippen LogP contribution in [-0.4, -0.2) is 37.7 Å². The molecule has 8 heteroatoms. The Morgan fingerprint density at radius 1 is 0.950 bits per heavy atom. The zero-order valence-electron chi connectivity index (χ0n) is 24.2. The van der Waals surface area contributed by atoms with Gasteiger partial charge >= 0.3 is 0 Å². The second kappa shape index (κ2) is 11.7. The van der Waals surface area contributed by atoms with Crippen molar-refractivity contribution in [2.45, 2.75) is 64.5 Å². The van der Waals surface area contributed by atoms with Crippen LogP contribution in [0.3, 0.4) is 0 Å². The molecule has 7 nitrogen and oxygen atoms in total. The molecule has 4 aromatic rings. The van der Waals surface area contributed by atoms with Crippen molar-refractivity contribution in [3.63, 3.8) is 0 Å². The highest BCUT2D eigenvalue weighted by atomic mass is 32.2. The third kappa shape index (κ3) is 6.80. The fourth-order valence-corrected chi connectivity index (χ4v) is 5.02. The van der Waals surface area contributed by atoms with Crippen molar-refractivity contribution in [3.8, 4) is 22.8 Å². The van der Waals surface area contributed by atoms with Crippen LogP contribution in [0, 0.1) is 6.92 Å². The van der Waals surface area contributed by atoms with E-state index < -0.39 is 0 Å². The average molecular weight is 556 g/mol. The molecule has 208 valence electrons. The predicted molar refractivity (Wildman–Crippen MR) is 163 cm³/mol. The fraction of sp³-hybridized carbons (Fsp3) is 0.312. The van der Waals surface area contributed by atoms with Crippen LogP contribution < -0.4 is 5.43 Å². The second-order valence-electron chi connectivity index (χ2n) is 11.9. The van der Waals surface area contributed by atoms with Gasteiger partial charge in [-0.15, -0.1) is 10.2 Å². The SMILES string of the molecule is Cc1ccc(-c2nnc(SCC(=O)N/N=C\c3cc(C(C)(C)C)c(O)c(C(C)(C)C)c3)n2-c2ccccc2)cc1. The van der Waals surface area contributed by atoms with Crippen LogP contribution in [-0.2, 0) is 15.6 Å². The summed E-state index contributed by atoms with van der Waals surface area (Å²) >= 11 is 1.30. The number of para-hydroxylation sites is 1. The second-order valence-corrected chi connectivity index (χ2v) is 12.8. The Morgan fingerprint density at radius 2 is 1.55 bits per heavy atom. The first-order valence-corrected chi connectivity index (χ1v) is 14.2. The summed E-state index contributed by atoms with van der Waals surface area (Å²) in [6, 6.07) is 21.8. The minimum absolute atomic E-state index is 0.117. The van der Waals surface area contributed by atoms with Gasteiger partial charge in [0.15, 0.2) is 11.0 Å². The molecule has 40 heavy (non-hydrogen) atoms. The van der Waals surface area contributed by atoms with E-state index in [1.807, 2.05) is 78.2 Å². The summed E-state index contributed by atoms with van der Waals surface area (Å²) in [4.78, 5) is 12.7. The average Bonchev–Trinajstić information content (AvgIpc) is 3.32. The van der Waals surface area contributed by atoms with Crippen molar-refractivity contribution in [1.82, 2.24) is 20.2 Å². The van der Waals surface area contributed by atoms with E-state index in [1.165, 1.54) is 11.8 Å². The summed E-state index contributed by atoms with van der Waals surface area (Å²) in [6.45, 7) is 14.4. The van der Waals surface area contributed by atoms with Crippen LogP contribution in [0.15, 0.2) is 77.0 Å². The largest absolute Gasteiger partial charge is 0.507 e. The first-order chi connectivity index (χ1) is 18.8. The third-order valence-electron chi connectivity index (χ3n) is 6.44. The number of aromatic hydroxyl groups is 1. The van der Waals surface area contributed by atoms with Crippen molar-refractivity contribution >= 4 is 23.9 Å². The maximum absolute atomic E-state index is 12.7. The molecule has 2 N–H and O–H groups in total. The summed E-state index contributed by atoms with van der Waals surface area (Å²) in [7, 11) is 0. The number of carbonyl (C=O) groups excluding carboxylic acids is 1. The lowest BCUT2D eigenvalue weighted by atomic mass is 9.78. The summed E-state index contributed by atoms with van der Waals surface area (Å²) in [6.07, 6.45) is 1.62. The summed E-state index contributed by atoms with van der Waals surface area (Å²) in [5.41, 5.74) is 7.65. The van der Waals surface area contributed by atoms with Gasteiger partial charge in [-0.05, 0) is 47.6 Å². The Morgan fingerprint density at radius 3 is 2.12 bits per heavy atom. The molecule has 0 unspecified atom stereocenters. The number of carbonyl (C=O) groups is 1. The van der Waals surface area contributed by atoms with Gasteiger partial charge in [0.1, 0.15) is 5.75 Å². The molecule has 1 heterocycles. The molecule has 0 aliphatic heterocycles. The highest BCUT2D eigenvalue weighted by molar-refractivity contribution is 7.99. The van der Waals surface area contributed by atoms with Crippen molar-refractivity contribution in [2.24, 2.45) is 5.10 Å². The molecule has 1 aromatic heterocycles. The van der Waals surface area contributed by atoms with Gasteiger partial charge in [0.05, 0.1) is 12.0 Å². The number of thioether (sulfide) groups is 1. The lowest BCUT2D eigenvalue weighted by Gasteiger charge is -2.27. The molecule has 0 saturated heterocycles. The molecule has 0 aliphatic carbocycles. The highest BCUT2D eigenvalue weighted by Crippen LogP contribution is 2.39. The van der Waals surface area contributed by atoms with Gasteiger partial charge in [0.2, 0.25) is 0 Å². The smallest absolute Gasteiger partial charge is 0.250 e. The van der Waals surface area contributed by atoms with E-state index >= 15 is 0 Å². The minimum Gasteiger partial charge on any atom is -0.507 e. The van der Waals surface area contributed by atoms with E-state index in [9.17, 15) is 9.90 Å². The predicted octanol–water partition coefficient (Wildman–Crippen LogP) is 6.79. The van der Waals surface area contributed by atoms with E-state index in [0.29, 0.717) is 16.7 Å². The zero-order valence-corrected chi connectivity index (χ0v) is 25.0. The maximum atomic E-state index is 12.7. The van der Waals surface area contributed by atoms with Crippen molar-refractivity contribution in [1.29, 1.82) is 0 Å². The lowest BCUT2D eigenvalue weighted by molar-refractivity contribution is -0.118. The third-order valence-corrected chi connectivity index (χ3v) is 7.37. The Labute approximate surface area is 240 Å². The van der Waals surface area contributed by atoms with Gasteiger partial charge in [0, 0.05) is 22.4 Å². The van der Waals surface area contributed by atoms with E-state index in [0.717, 1.165) is 33.5 Å². The first-order valence-electron chi connectivity index (χ1n) is 13.2. The van der Waals surface area contributed by atoms with Gasteiger partial charge in [-0.25, -0.2) is 5.43 Å². The Balaban J connectivity index is 1.51. The van der Waals surface area contributed by atoms with Crippen LogP contribution >= 0.6 is 11.8 Å². The van der Waals surface area contributed by atoms with Crippen LogP contribution in [0.5, 0.6) is 5.75 Å². The molecular weight excluding hydrogens is 518 g/mol. The number of hydrogen-bond acceptors (Lipinski definition) is 6.